The SMILES string of the molecule is Cc1ccc(C(NC(=O)CCCCNC(N)=O)C2CC2)cc1. The maximum absolute atomic E-state index is 12.1. The van der Waals surface area contributed by atoms with Crippen LogP contribution in [0, 0.1) is 12.8 Å². The molecule has 4 N–H and O–H groups in total. The van der Waals surface area contributed by atoms with Gasteiger partial charge in [0.25, 0.3) is 0 Å². The van der Waals surface area contributed by atoms with E-state index in [1.165, 1.54) is 24.0 Å². The van der Waals surface area contributed by atoms with E-state index in [9.17, 15) is 9.59 Å². The van der Waals surface area contributed by atoms with Gasteiger partial charge in [-0.2, -0.15) is 0 Å². The van der Waals surface area contributed by atoms with E-state index in [-0.39, 0.29) is 11.9 Å². The molecule has 0 aliphatic heterocycles. The third-order valence-electron chi connectivity index (χ3n) is 3.98. The van der Waals surface area contributed by atoms with Gasteiger partial charge in [0.1, 0.15) is 0 Å². The van der Waals surface area contributed by atoms with E-state index in [0.29, 0.717) is 18.9 Å². The van der Waals surface area contributed by atoms with Crippen LogP contribution in [-0.4, -0.2) is 18.5 Å². The van der Waals surface area contributed by atoms with Crippen LogP contribution in [-0.2, 0) is 4.79 Å². The number of carbonyl (C=O) groups excluding carboxylic acids is 2. The molecular formula is C17H25N3O2. The highest BCUT2D eigenvalue weighted by atomic mass is 16.2. The molecule has 3 amide bonds. The van der Waals surface area contributed by atoms with Crippen LogP contribution >= 0.6 is 0 Å². The summed E-state index contributed by atoms with van der Waals surface area (Å²) in [6.07, 6.45) is 4.35. The first-order chi connectivity index (χ1) is 10.6. The van der Waals surface area contributed by atoms with Crippen LogP contribution < -0.4 is 16.4 Å². The van der Waals surface area contributed by atoms with Gasteiger partial charge in [0.2, 0.25) is 5.91 Å². The third kappa shape index (κ3) is 5.39. The van der Waals surface area contributed by atoms with Crippen molar-refractivity contribution in [3.63, 3.8) is 0 Å². The Morgan fingerprint density at radius 1 is 1.23 bits per heavy atom. The number of nitrogens with two attached hydrogens (primary N) is 1. The quantitative estimate of drug-likeness (QED) is 0.644. The van der Waals surface area contributed by atoms with Crippen molar-refractivity contribution in [3.05, 3.63) is 35.4 Å². The van der Waals surface area contributed by atoms with Gasteiger partial charge >= 0.3 is 6.03 Å². The molecular weight excluding hydrogens is 278 g/mol. The highest BCUT2D eigenvalue weighted by Gasteiger charge is 2.33. The molecule has 22 heavy (non-hydrogen) atoms. The van der Waals surface area contributed by atoms with Gasteiger partial charge < -0.3 is 16.4 Å². The zero-order valence-corrected chi connectivity index (χ0v) is 13.1. The van der Waals surface area contributed by atoms with E-state index in [0.717, 1.165) is 12.8 Å². The lowest BCUT2D eigenvalue weighted by molar-refractivity contribution is -0.122. The number of benzene rings is 1. The molecule has 1 aromatic carbocycles. The first-order valence-corrected chi connectivity index (χ1v) is 7.95. The number of unbranched alkanes of at least 4 members (excludes halogenated alkanes) is 1. The summed E-state index contributed by atoms with van der Waals surface area (Å²) in [5.41, 5.74) is 7.41. The largest absolute Gasteiger partial charge is 0.352 e. The van der Waals surface area contributed by atoms with Crippen molar-refractivity contribution in [3.8, 4) is 0 Å². The van der Waals surface area contributed by atoms with Crippen molar-refractivity contribution in [2.75, 3.05) is 6.54 Å². The second kappa shape index (κ2) is 7.82. The highest BCUT2D eigenvalue weighted by Crippen LogP contribution is 2.41. The molecule has 1 aliphatic rings. The Kier molecular flexibility index (Phi) is 5.81. The second-order valence-electron chi connectivity index (χ2n) is 6.04. The van der Waals surface area contributed by atoms with Gasteiger partial charge in [-0.05, 0) is 44.1 Å². The molecule has 1 atom stereocenters. The monoisotopic (exact) mass is 303 g/mol. The van der Waals surface area contributed by atoms with Crippen LogP contribution in [0.25, 0.3) is 0 Å². The minimum absolute atomic E-state index is 0.0801. The molecule has 0 heterocycles. The van der Waals surface area contributed by atoms with Crippen LogP contribution in [0.4, 0.5) is 4.79 Å². The third-order valence-corrected chi connectivity index (χ3v) is 3.98. The lowest BCUT2D eigenvalue weighted by Gasteiger charge is -2.19. The zero-order chi connectivity index (χ0) is 15.9. The van der Waals surface area contributed by atoms with Gasteiger partial charge in [-0.15, -0.1) is 0 Å². The van der Waals surface area contributed by atoms with Crippen LogP contribution in [0.5, 0.6) is 0 Å². The maximum Gasteiger partial charge on any atom is 0.312 e. The lowest BCUT2D eigenvalue weighted by Crippen LogP contribution is -2.31. The predicted octanol–water partition coefficient (Wildman–Crippen LogP) is 2.40. The fraction of sp³-hybridized carbons (Fsp3) is 0.529. The van der Waals surface area contributed by atoms with E-state index >= 15 is 0 Å². The number of hydrogen-bond acceptors (Lipinski definition) is 2. The van der Waals surface area contributed by atoms with E-state index in [2.05, 4.69) is 41.8 Å². The van der Waals surface area contributed by atoms with Gasteiger partial charge in [-0.3, -0.25) is 4.79 Å². The van der Waals surface area contributed by atoms with Gasteiger partial charge in [-0.1, -0.05) is 29.8 Å². The predicted molar refractivity (Wildman–Crippen MR) is 86.2 cm³/mol. The van der Waals surface area contributed by atoms with Crippen molar-refractivity contribution in [2.24, 2.45) is 11.7 Å². The molecule has 1 fully saturated rings. The second-order valence-corrected chi connectivity index (χ2v) is 6.04. The number of aryl methyl sites for hydroxylation is 1. The summed E-state index contributed by atoms with van der Waals surface area (Å²) in [6.45, 7) is 2.58. The number of rotatable bonds is 8. The normalized spacial score (nSPS) is 15.1. The number of hydrogen-bond donors (Lipinski definition) is 3. The van der Waals surface area contributed by atoms with Crippen LogP contribution in [0.1, 0.15) is 49.3 Å². The van der Waals surface area contributed by atoms with E-state index < -0.39 is 6.03 Å². The summed E-state index contributed by atoms with van der Waals surface area (Å²) in [5, 5.41) is 5.69. The Balaban J connectivity index is 1.77. The molecule has 1 unspecified atom stereocenters. The molecule has 1 saturated carbocycles. The maximum atomic E-state index is 12.1. The van der Waals surface area contributed by atoms with Gasteiger partial charge in [-0.25, -0.2) is 4.79 Å². The fourth-order valence-corrected chi connectivity index (χ4v) is 2.54. The smallest absolute Gasteiger partial charge is 0.312 e. The van der Waals surface area contributed by atoms with Crippen molar-refractivity contribution < 1.29 is 9.59 Å². The summed E-state index contributed by atoms with van der Waals surface area (Å²) >= 11 is 0. The Morgan fingerprint density at radius 3 is 2.50 bits per heavy atom. The van der Waals surface area contributed by atoms with Crippen molar-refractivity contribution in [1.29, 1.82) is 0 Å². The minimum atomic E-state index is -0.516. The molecule has 0 saturated heterocycles. The standard InChI is InChI=1S/C17H25N3O2/c1-12-5-7-13(8-6-12)16(14-9-10-14)20-15(21)4-2-3-11-19-17(18)22/h5-8,14,16H,2-4,9-11H2,1H3,(H,20,21)(H3,18,19,22). The van der Waals surface area contributed by atoms with Crippen LogP contribution in [0.2, 0.25) is 0 Å². The average Bonchev–Trinajstić information content (AvgIpc) is 3.30. The van der Waals surface area contributed by atoms with Crippen molar-refractivity contribution >= 4 is 11.9 Å². The van der Waals surface area contributed by atoms with Crippen LogP contribution in [0.15, 0.2) is 24.3 Å². The van der Waals surface area contributed by atoms with Gasteiger partial charge in [0.05, 0.1) is 6.04 Å². The molecule has 0 bridgehead atoms. The number of nitrogens with one attached hydrogen (secondary N) is 2. The van der Waals surface area contributed by atoms with E-state index in [4.69, 9.17) is 5.73 Å². The first kappa shape index (κ1) is 16.3. The molecule has 0 spiro atoms. The minimum Gasteiger partial charge on any atom is -0.352 e. The molecule has 0 radical (unpaired) electrons. The summed E-state index contributed by atoms with van der Waals surface area (Å²) < 4.78 is 0. The topological polar surface area (TPSA) is 84.2 Å². The molecule has 5 nitrogen and oxygen atoms in total. The summed E-state index contributed by atoms with van der Waals surface area (Å²) in [4.78, 5) is 22.6. The first-order valence-electron chi connectivity index (χ1n) is 7.95. The molecule has 1 aromatic rings. The highest BCUT2D eigenvalue weighted by molar-refractivity contribution is 5.76. The van der Waals surface area contributed by atoms with Crippen LogP contribution in [0.3, 0.4) is 0 Å². The van der Waals surface area contributed by atoms with E-state index in [1.807, 2.05) is 0 Å². The summed E-state index contributed by atoms with van der Waals surface area (Å²) in [6, 6.07) is 8.01. The molecule has 0 aromatic heterocycles. The summed E-state index contributed by atoms with van der Waals surface area (Å²) in [5.74, 6) is 0.653. The van der Waals surface area contributed by atoms with Crippen molar-refractivity contribution in [2.45, 2.75) is 45.1 Å². The fourth-order valence-electron chi connectivity index (χ4n) is 2.54. The number of urea groups is 1. The van der Waals surface area contributed by atoms with Gasteiger partial charge in [0.15, 0.2) is 0 Å². The van der Waals surface area contributed by atoms with E-state index in [1.54, 1.807) is 0 Å². The molecule has 1 aliphatic carbocycles. The number of amides is 3. The Labute approximate surface area is 131 Å². The Bertz CT molecular complexity index is 509. The van der Waals surface area contributed by atoms with Crippen molar-refractivity contribution in [1.82, 2.24) is 10.6 Å². The van der Waals surface area contributed by atoms with Gasteiger partial charge in [0, 0.05) is 13.0 Å². The number of carbonyl (C=O) groups is 2. The molecule has 5 heteroatoms. The Hall–Kier alpha value is -2.04. The average molecular weight is 303 g/mol. The summed E-state index contributed by atoms with van der Waals surface area (Å²) in [7, 11) is 0. The lowest BCUT2D eigenvalue weighted by atomic mass is 10.0. The Morgan fingerprint density at radius 2 is 1.91 bits per heavy atom. The number of primary amides is 1. The molecule has 120 valence electrons. The molecule has 2 rings (SSSR count). The zero-order valence-electron chi connectivity index (χ0n) is 13.1.